The lowest BCUT2D eigenvalue weighted by atomic mass is 10.2. The third-order valence-corrected chi connectivity index (χ3v) is 5.83. The molecule has 26 heavy (non-hydrogen) atoms. The molecule has 2 aromatic rings. The van der Waals surface area contributed by atoms with E-state index in [1.54, 1.807) is 62.6 Å². The van der Waals surface area contributed by atoms with Crippen molar-refractivity contribution in [2.45, 2.75) is 13.0 Å². The Morgan fingerprint density at radius 3 is 2.58 bits per heavy atom. The number of nitrogens with one attached hydrogen (secondary N) is 1. The van der Waals surface area contributed by atoms with E-state index in [4.69, 9.17) is 9.47 Å². The Morgan fingerprint density at radius 1 is 1.23 bits per heavy atom. The molecule has 0 spiro atoms. The molecule has 0 unspecified atom stereocenters. The first-order chi connectivity index (χ1) is 12.4. The molecule has 1 N–H and O–H groups in total. The van der Waals surface area contributed by atoms with Crippen LogP contribution in [0.1, 0.15) is 6.92 Å². The summed E-state index contributed by atoms with van der Waals surface area (Å²) in [6.07, 6.45) is -0.951. The van der Waals surface area contributed by atoms with Crippen molar-refractivity contribution in [2.75, 3.05) is 29.0 Å². The second-order valence-electron chi connectivity index (χ2n) is 5.72. The molecular weight excluding hydrogens is 356 g/mol. The monoisotopic (exact) mass is 376 g/mol. The highest BCUT2D eigenvalue weighted by Crippen LogP contribution is 2.35. The molecule has 7 nitrogen and oxygen atoms in total. The summed E-state index contributed by atoms with van der Waals surface area (Å²) >= 11 is 0. The molecule has 2 aromatic carbocycles. The van der Waals surface area contributed by atoms with Crippen LogP contribution in [0.3, 0.4) is 0 Å². The van der Waals surface area contributed by atoms with Crippen LogP contribution in [0.5, 0.6) is 11.5 Å². The van der Waals surface area contributed by atoms with Crippen LogP contribution in [-0.2, 0) is 14.8 Å². The standard InChI is InChI=1S/C18H20N2O5S/c1-3-26(22,23)20-12-17(25-16-7-5-4-6-15(16)20)18(21)19-13-8-10-14(24-2)11-9-13/h4-11,17H,3,12H2,1-2H3,(H,19,21)/t17-/m1/s1. The number of amides is 1. The van der Waals surface area contributed by atoms with Crippen LogP contribution in [0.15, 0.2) is 48.5 Å². The van der Waals surface area contributed by atoms with E-state index < -0.39 is 22.0 Å². The smallest absolute Gasteiger partial charge is 0.267 e. The van der Waals surface area contributed by atoms with Gasteiger partial charge in [0.1, 0.15) is 11.5 Å². The molecule has 0 aliphatic carbocycles. The van der Waals surface area contributed by atoms with E-state index in [9.17, 15) is 13.2 Å². The molecular formula is C18H20N2O5S. The highest BCUT2D eigenvalue weighted by Gasteiger charge is 2.35. The number of sulfonamides is 1. The SMILES string of the molecule is CCS(=O)(=O)N1C[C@H](C(=O)Nc2ccc(OC)cc2)Oc2ccccc21. The van der Waals surface area contributed by atoms with E-state index in [0.717, 1.165) is 0 Å². The van der Waals surface area contributed by atoms with Crippen molar-refractivity contribution in [1.29, 1.82) is 0 Å². The molecule has 0 aromatic heterocycles. The molecule has 0 radical (unpaired) electrons. The number of carbonyl (C=O) groups is 1. The van der Waals surface area contributed by atoms with Crippen LogP contribution in [0.2, 0.25) is 0 Å². The number of rotatable bonds is 5. The lowest BCUT2D eigenvalue weighted by molar-refractivity contribution is -0.122. The number of fused-ring (bicyclic) bond motifs is 1. The van der Waals surface area contributed by atoms with Gasteiger partial charge in [0.15, 0.2) is 6.10 Å². The van der Waals surface area contributed by atoms with Crippen molar-refractivity contribution >= 4 is 27.3 Å². The summed E-state index contributed by atoms with van der Waals surface area (Å²) in [5.74, 6) is 0.562. The second kappa shape index (κ2) is 7.25. The summed E-state index contributed by atoms with van der Waals surface area (Å²) in [5, 5.41) is 2.74. The van der Waals surface area contributed by atoms with E-state index >= 15 is 0 Å². The Morgan fingerprint density at radius 2 is 1.92 bits per heavy atom. The first-order valence-electron chi connectivity index (χ1n) is 8.15. The molecule has 0 saturated carbocycles. The molecule has 1 aliphatic heterocycles. The van der Waals surface area contributed by atoms with Crippen LogP contribution in [-0.4, -0.2) is 39.8 Å². The zero-order valence-electron chi connectivity index (χ0n) is 14.5. The van der Waals surface area contributed by atoms with Gasteiger partial charge in [0, 0.05) is 5.69 Å². The van der Waals surface area contributed by atoms with Gasteiger partial charge in [-0.25, -0.2) is 8.42 Å². The number of carbonyl (C=O) groups excluding carboxylic acids is 1. The molecule has 138 valence electrons. The highest BCUT2D eigenvalue weighted by molar-refractivity contribution is 7.92. The van der Waals surface area contributed by atoms with Gasteiger partial charge in [0.2, 0.25) is 10.0 Å². The lowest BCUT2D eigenvalue weighted by Gasteiger charge is -2.34. The second-order valence-corrected chi connectivity index (χ2v) is 7.91. The third kappa shape index (κ3) is 3.60. The Bertz CT molecular complexity index is 896. The van der Waals surface area contributed by atoms with Crippen molar-refractivity contribution in [3.63, 3.8) is 0 Å². The largest absolute Gasteiger partial charge is 0.497 e. The van der Waals surface area contributed by atoms with Gasteiger partial charge in [-0.3, -0.25) is 9.10 Å². The number of para-hydroxylation sites is 2. The van der Waals surface area contributed by atoms with Gasteiger partial charge in [-0.1, -0.05) is 12.1 Å². The Kier molecular flexibility index (Phi) is 5.03. The highest BCUT2D eigenvalue weighted by atomic mass is 32.2. The maximum atomic E-state index is 12.6. The number of methoxy groups -OCH3 is 1. The maximum absolute atomic E-state index is 12.6. The quantitative estimate of drug-likeness (QED) is 0.865. The topological polar surface area (TPSA) is 84.9 Å². The van der Waals surface area contributed by atoms with Gasteiger partial charge in [0.25, 0.3) is 5.91 Å². The fourth-order valence-electron chi connectivity index (χ4n) is 2.66. The van der Waals surface area contributed by atoms with Gasteiger partial charge < -0.3 is 14.8 Å². The zero-order chi connectivity index (χ0) is 18.7. The van der Waals surface area contributed by atoms with Crippen molar-refractivity contribution in [1.82, 2.24) is 0 Å². The molecule has 0 bridgehead atoms. The lowest BCUT2D eigenvalue weighted by Crippen LogP contribution is -2.49. The summed E-state index contributed by atoms with van der Waals surface area (Å²) in [4.78, 5) is 12.6. The summed E-state index contributed by atoms with van der Waals surface area (Å²) in [5.41, 5.74) is 1.02. The first-order valence-corrected chi connectivity index (χ1v) is 9.76. The fourth-order valence-corrected chi connectivity index (χ4v) is 3.78. The van der Waals surface area contributed by atoms with Gasteiger partial charge in [0.05, 0.1) is 25.1 Å². The van der Waals surface area contributed by atoms with Crippen molar-refractivity contribution < 1.29 is 22.7 Å². The first kappa shape index (κ1) is 18.1. The van der Waals surface area contributed by atoms with Crippen molar-refractivity contribution in [2.24, 2.45) is 0 Å². The minimum absolute atomic E-state index is 0.0614. The average molecular weight is 376 g/mol. The summed E-state index contributed by atoms with van der Waals surface area (Å²) < 4.78 is 36.9. The minimum Gasteiger partial charge on any atom is -0.497 e. The van der Waals surface area contributed by atoms with Crippen LogP contribution < -0.4 is 19.1 Å². The number of nitrogens with zero attached hydrogens (tertiary/aromatic N) is 1. The number of ether oxygens (including phenoxy) is 2. The summed E-state index contributed by atoms with van der Waals surface area (Å²) in [7, 11) is -1.97. The summed E-state index contributed by atoms with van der Waals surface area (Å²) in [6, 6.07) is 13.6. The van der Waals surface area contributed by atoms with Crippen LogP contribution in [0, 0.1) is 0 Å². The molecule has 0 fully saturated rings. The maximum Gasteiger partial charge on any atom is 0.267 e. The molecule has 1 aliphatic rings. The van der Waals surface area contributed by atoms with Crippen LogP contribution in [0.4, 0.5) is 11.4 Å². The Labute approximate surface area is 152 Å². The van der Waals surface area contributed by atoms with Gasteiger partial charge in [-0.2, -0.15) is 0 Å². The van der Waals surface area contributed by atoms with Crippen molar-refractivity contribution in [3.8, 4) is 11.5 Å². The third-order valence-electron chi connectivity index (χ3n) is 4.09. The number of benzene rings is 2. The molecule has 0 saturated heterocycles. The Hall–Kier alpha value is -2.74. The minimum atomic E-state index is -3.53. The normalized spacial score (nSPS) is 16.4. The van der Waals surface area contributed by atoms with E-state index in [-0.39, 0.29) is 12.3 Å². The molecule has 8 heteroatoms. The zero-order valence-corrected chi connectivity index (χ0v) is 15.3. The van der Waals surface area contributed by atoms with E-state index in [2.05, 4.69) is 5.32 Å². The van der Waals surface area contributed by atoms with Crippen LogP contribution in [0.25, 0.3) is 0 Å². The number of hydrogen-bond acceptors (Lipinski definition) is 5. The molecule has 1 amide bonds. The van der Waals surface area contributed by atoms with E-state index in [1.807, 2.05) is 0 Å². The average Bonchev–Trinajstić information content (AvgIpc) is 2.67. The van der Waals surface area contributed by atoms with Crippen LogP contribution >= 0.6 is 0 Å². The predicted octanol–water partition coefficient (Wildman–Crippen LogP) is 2.25. The summed E-state index contributed by atoms with van der Waals surface area (Å²) in [6.45, 7) is 1.50. The van der Waals surface area contributed by atoms with E-state index in [1.165, 1.54) is 4.31 Å². The van der Waals surface area contributed by atoms with Gasteiger partial charge in [-0.15, -0.1) is 0 Å². The fraction of sp³-hybridized carbons (Fsp3) is 0.278. The van der Waals surface area contributed by atoms with E-state index in [0.29, 0.717) is 22.9 Å². The van der Waals surface area contributed by atoms with Gasteiger partial charge in [-0.05, 0) is 43.3 Å². The number of anilines is 2. The molecule has 1 heterocycles. The number of hydrogen-bond donors (Lipinski definition) is 1. The van der Waals surface area contributed by atoms with Gasteiger partial charge >= 0.3 is 0 Å². The van der Waals surface area contributed by atoms with Crippen molar-refractivity contribution in [3.05, 3.63) is 48.5 Å². The predicted molar refractivity (Wildman–Crippen MR) is 99.3 cm³/mol. The Balaban J connectivity index is 1.83. The molecule has 1 atom stereocenters. The molecule has 3 rings (SSSR count).